The third kappa shape index (κ3) is 9.54. The van der Waals surface area contributed by atoms with Gasteiger partial charge in [-0.3, -0.25) is 19.2 Å². The van der Waals surface area contributed by atoms with E-state index in [1.807, 2.05) is 0 Å². The van der Waals surface area contributed by atoms with E-state index in [-0.39, 0.29) is 45.3 Å². The Bertz CT molecular complexity index is 2060. The summed E-state index contributed by atoms with van der Waals surface area (Å²) in [5, 5.41) is 12.9. The van der Waals surface area contributed by atoms with Crippen molar-refractivity contribution < 1.29 is 56.5 Å². The second-order valence-electron chi connectivity index (χ2n) is 12.6. The van der Waals surface area contributed by atoms with Gasteiger partial charge < -0.3 is 34.4 Å². The van der Waals surface area contributed by atoms with Crippen LogP contribution in [0.2, 0.25) is 0 Å². The number of esters is 1. The molecule has 0 aliphatic carbocycles. The average molecular weight is 766 g/mol. The number of carbonyl (C=O) groups is 5. The largest absolute Gasteiger partial charge is 0.513 e. The number of halogens is 3. The number of hydrogen-bond donors (Lipinski definition) is 2. The smallest absolute Gasteiger partial charge is 0.480 e. The first-order valence-corrected chi connectivity index (χ1v) is 16.6. The number of nitrogens with zero attached hydrogens (tertiary/aromatic N) is 4. The van der Waals surface area contributed by atoms with E-state index < -0.39 is 59.8 Å². The molecule has 4 aromatic rings. The van der Waals surface area contributed by atoms with Gasteiger partial charge in [-0.25, -0.2) is 14.8 Å². The van der Waals surface area contributed by atoms with Crippen LogP contribution in [-0.4, -0.2) is 90.8 Å². The van der Waals surface area contributed by atoms with E-state index in [9.17, 15) is 42.3 Å². The van der Waals surface area contributed by atoms with Crippen LogP contribution in [0.4, 0.5) is 29.6 Å². The topological polar surface area (TPSA) is 178 Å². The number of carboxylic acid groups (broad SMARTS) is 1. The third-order valence-electron chi connectivity index (χ3n) is 8.25. The lowest BCUT2D eigenvalue weighted by atomic mass is 9.81. The monoisotopic (exact) mass is 765 g/mol. The van der Waals surface area contributed by atoms with Crippen LogP contribution in [0.15, 0.2) is 79.0 Å². The van der Waals surface area contributed by atoms with E-state index in [4.69, 9.17) is 14.2 Å². The zero-order valence-electron chi connectivity index (χ0n) is 30.6. The summed E-state index contributed by atoms with van der Waals surface area (Å²) in [7, 11) is 6.13. The summed E-state index contributed by atoms with van der Waals surface area (Å²) in [5.41, 5.74) is -3.51. The molecule has 2 unspecified atom stereocenters. The molecule has 4 rings (SSSR count). The Hall–Kier alpha value is -6.52. The lowest BCUT2D eigenvalue weighted by molar-refractivity contribution is -0.167. The molecule has 2 amide bonds. The van der Waals surface area contributed by atoms with Gasteiger partial charge in [0.05, 0.1) is 34.2 Å². The molecule has 3 aromatic carbocycles. The first kappa shape index (κ1) is 41.2. The molecule has 0 aliphatic heterocycles. The fourth-order valence-electron chi connectivity index (χ4n) is 5.01. The van der Waals surface area contributed by atoms with E-state index in [1.54, 1.807) is 34.0 Å². The van der Waals surface area contributed by atoms with Gasteiger partial charge >= 0.3 is 24.3 Å². The van der Waals surface area contributed by atoms with Crippen LogP contribution in [0.5, 0.6) is 5.75 Å². The van der Waals surface area contributed by atoms with Crippen LogP contribution in [0.25, 0.3) is 11.3 Å². The number of rotatable bonds is 13. The number of nitrogens with one attached hydrogen (secondary N) is 1. The maximum absolute atomic E-state index is 13.7. The predicted molar refractivity (Wildman–Crippen MR) is 193 cm³/mol. The lowest BCUT2D eigenvalue weighted by Crippen LogP contribution is -2.50. The number of carboxylic acids is 1. The van der Waals surface area contributed by atoms with Crippen molar-refractivity contribution in [1.29, 1.82) is 0 Å². The fraction of sp³-hybridized carbons (Fsp3) is 0.289. The molecule has 2 atom stereocenters. The highest BCUT2D eigenvalue weighted by molar-refractivity contribution is 6.11. The maximum Gasteiger partial charge on any atom is 0.513 e. The molecule has 17 heteroatoms. The highest BCUT2D eigenvalue weighted by atomic mass is 19.4. The molecule has 0 radical (unpaired) electrons. The van der Waals surface area contributed by atoms with Crippen molar-refractivity contribution in [1.82, 2.24) is 14.9 Å². The first-order chi connectivity index (χ1) is 25.9. The second kappa shape index (κ2) is 17.1. The second-order valence-corrected chi connectivity index (χ2v) is 12.6. The van der Waals surface area contributed by atoms with Crippen molar-refractivity contribution in [3.8, 4) is 17.0 Å². The van der Waals surface area contributed by atoms with Crippen LogP contribution in [0.1, 0.15) is 52.1 Å². The Morgan fingerprint density at radius 2 is 1.55 bits per heavy atom. The summed E-state index contributed by atoms with van der Waals surface area (Å²) >= 11 is 0. The van der Waals surface area contributed by atoms with Gasteiger partial charge in [-0.05, 0) is 49.2 Å². The summed E-state index contributed by atoms with van der Waals surface area (Å²) in [6.07, 6.45) is -5.07. The summed E-state index contributed by atoms with van der Waals surface area (Å²) in [4.78, 5) is 77.2. The summed E-state index contributed by atoms with van der Waals surface area (Å²) < 4.78 is 55.6. The first-order valence-electron chi connectivity index (χ1n) is 16.6. The van der Waals surface area contributed by atoms with Crippen molar-refractivity contribution >= 4 is 41.5 Å². The molecule has 0 saturated heterocycles. The molecular formula is C38H38F3N5O9. The van der Waals surface area contributed by atoms with E-state index in [2.05, 4.69) is 15.3 Å². The highest BCUT2D eigenvalue weighted by Gasteiger charge is 2.51. The average Bonchev–Trinajstić information content (AvgIpc) is 3.14. The third-order valence-corrected chi connectivity index (χ3v) is 8.25. The number of alkyl halides is 3. The van der Waals surface area contributed by atoms with Crippen LogP contribution in [0, 0.1) is 0 Å². The van der Waals surface area contributed by atoms with E-state index >= 15 is 0 Å². The minimum Gasteiger partial charge on any atom is -0.480 e. The molecule has 0 aliphatic rings. The molecule has 290 valence electrons. The minimum absolute atomic E-state index is 0.00841. The van der Waals surface area contributed by atoms with Gasteiger partial charge in [0.25, 0.3) is 11.8 Å². The molecule has 14 nitrogen and oxygen atoms in total. The minimum atomic E-state index is -4.59. The van der Waals surface area contributed by atoms with E-state index in [0.717, 1.165) is 18.2 Å². The number of benzene rings is 3. The van der Waals surface area contributed by atoms with Crippen molar-refractivity contribution in [3.05, 3.63) is 101 Å². The van der Waals surface area contributed by atoms with Gasteiger partial charge in [0.2, 0.25) is 11.4 Å². The molecule has 0 spiro atoms. The standard InChI is InChI=1S/C38H38F3N5O9/c1-7-22(2)54-34(51)37(33(49)50,24-11-9-8-10-12-24)21-53-36(52)55-26-17-18-29(27(19-26)32(48)45(3)4)43-31(47)28-20-42-35(46(5)6)44-30(28)23-13-15-25(16-14-23)38(39,40)41/h8-20,22H,7,21H2,1-6H3,(H,43,47)(H,49,50). The van der Waals surface area contributed by atoms with E-state index in [0.29, 0.717) is 6.42 Å². The number of ether oxygens (including phenoxy) is 3. The summed E-state index contributed by atoms with van der Waals surface area (Å²) in [5.74, 6) is -4.34. The van der Waals surface area contributed by atoms with Gasteiger partial charge in [0.1, 0.15) is 12.4 Å². The number of aliphatic carboxylic acids is 1. The Morgan fingerprint density at radius 1 is 0.891 bits per heavy atom. The predicted octanol–water partition coefficient (Wildman–Crippen LogP) is 6.06. The van der Waals surface area contributed by atoms with Crippen molar-refractivity contribution in [2.45, 2.75) is 38.0 Å². The summed E-state index contributed by atoms with van der Waals surface area (Å²) in [6.45, 7) is 2.31. The number of carbonyl (C=O) groups excluding carboxylic acids is 4. The zero-order valence-corrected chi connectivity index (χ0v) is 30.6. The molecule has 0 fully saturated rings. The van der Waals surface area contributed by atoms with Gasteiger partial charge in [-0.1, -0.05) is 49.4 Å². The normalized spacial score (nSPS) is 12.7. The molecule has 1 aromatic heterocycles. The van der Waals surface area contributed by atoms with Crippen molar-refractivity contribution in [3.63, 3.8) is 0 Å². The summed E-state index contributed by atoms with van der Waals surface area (Å²) in [6, 6.07) is 15.0. The van der Waals surface area contributed by atoms with Crippen LogP contribution < -0.4 is 15.0 Å². The molecule has 1 heterocycles. The van der Waals surface area contributed by atoms with Crippen LogP contribution in [0.3, 0.4) is 0 Å². The fourth-order valence-corrected chi connectivity index (χ4v) is 5.01. The lowest BCUT2D eigenvalue weighted by Gasteiger charge is -2.28. The maximum atomic E-state index is 13.7. The molecule has 0 bridgehead atoms. The molecule has 0 saturated carbocycles. The number of hydrogen-bond acceptors (Lipinski definition) is 11. The Morgan fingerprint density at radius 3 is 2.11 bits per heavy atom. The van der Waals surface area contributed by atoms with Crippen molar-refractivity contribution in [2.24, 2.45) is 0 Å². The number of anilines is 2. The van der Waals surface area contributed by atoms with Crippen molar-refractivity contribution in [2.75, 3.05) is 45.0 Å². The van der Waals surface area contributed by atoms with Crippen LogP contribution >= 0.6 is 0 Å². The SMILES string of the molecule is CCC(C)OC(=O)C(COC(=O)Oc1ccc(NC(=O)c2cnc(N(C)C)nc2-c2ccc(C(F)(F)F)cc2)c(C(=O)N(C)C)c1)(C(=O)O)c1ccccc1. The number of amides is 2. The molecular weight excluding hydrogens is 727 g/mol. The molecule has 55 heavy (non-hydrogen) atoms. The molecule has 2 N–H and O–H groups in total. The van der Waals surface area contributed by atoms with Gasteiger partial charge in [-0.15, -0.1) is 0 Å². The van der Waals surface area contributed by atoms with Gasteiger partial charge in [0, 0.05) is 40.0 Å². The van der Waals surface area contributed by atoms with Gasteiger partial charge in [0.15, 0.2) is 0 Å². The van der Waals surface area contributed by atoms with E-state index in [1.165, 1.54) is 78.6 Å². The Kier molecular flexibility index (Phi) is 12.8. The van der Waals surface area contributed by atoms with Gasteiger partial charge in [-0.2, -0.15) is 13.2 Å². The van der Waals surface area contributed by atoms with Crippen LogP contribution in [-0.2, 0) is 30.7 Å². The Balaban J connectivity index is 1.63. The quantitative estimate of drug-likeness (QED) is 0.0915. The highest BCUT2D eigenvalue weighted by Crippen LogP contribution is 2.33. The zero-order chi connectivity index (χ0) is 40.7. The Labute approximate surface area is 313 Å². The number of aromatic nitrogens is 2.